The number of nitrogens with one attached hydrogen (secondary N) is 2. The summed E-state index contributed by atoms with van der Waals surface area (Å²) < 4.78 is 5.81. The molecule has 0 spiro atoms. The highest BCUT2D eigenvalue weighted by Crippen LogP contribution is 2.33. The lowest BCUT2D eigenvalue weighted by molar-refractivity contribution is 0.0732. The van der Waals surface area contributed by atoms with E-state index < -0.39 is 0 Å². The fraction of sp³-hybridized carbons (Fsp3) is 0.318. The van der Waals surface area contributed by atoms with Crippen LogP contribution in [0.3, 0.4) is 0 Å². The summed E-state index contributed by atoms with van der Waals surface area (Å²) in [6.07, 6.45) is 1.33. The van der Waals surface area contributed by atoms with E-state index in [2.05, 4.69) is 21.6 Å². The Balaban J connectivity index is 1.54. The number of hydrogen-bond acceptors (Lipinski definition) is 5. The monoisotopic (exact) mass is 390 g/mol. The first kappa shape index (κ1) is 17.9. The molecule has 2 aliphatic rings. The van der Waals surface area contributed by atoms with Gasteiger partial charge >= 0.3 is 0 Å². The highest BCUT2D eigenvalue weighted by Gasteiger charge is 2.26. The molecule has 0 atom stereocenters. The zero-order chi connectivity index (χ0) is 19.8. The number of carbonyl (C=O) groups is 1. The van der Waals surface area contributed by atoms with Gasteiger partial charge in [-0.1, -0.05) is 24.3 Å². The highest BCUT2D eigenvalue weighted by atomic mass is 16.5. The molecule has 7 heteroatoms. The van der Waals surface area contributed by atoms with Gasteiger partial charge in [-0.2, -0.15) is 5.10 Å². The quantitative estimate of drug-likeness (QED) is 0.708. The van der Waals surface area contributed by atoms with Crippen molar-refractivity contribution in [3.05, 3.63) is 69.1 Å². The summed E-state index contributed by atoms with van der Waals surface area (Å²) in [5.74, 6) is 0.738. The van der Waals surface area contributed by atoms with Crippen LogP contribution in [0.4, 0.5) is 0 Å². The lowest BCUT2D eigenvalue weighted by Crippen LogP contribution is -2.46. The average Bonchev–Trinajstić information content (AvgIpc) is 3.24. The highest BCUT2D eigenvalue weighted by molar-refractivity contribution is 5.98. The predicted molar refractivity (Wildman–Crippen MR) is 110 cm³/mol. The van der Waals surface area contributed by atoms with E-state index in [4.69, 9.17) is 4.74 Å². The van der Waals surface area contributed by atoms with Gasteiger partial charge in [-0.05, 0) is 23.3 Å². The molecule has 2 aliphatic heterocycles. The standard InChI is InChI=1S/C22H22N4O3/c27-21-17-4-2-1-3-16(17)19(24-25-21)13-14-11-15-5-10-29-20(15)18(12-14)22(28)26-8-6-23-7-9-26/h1-4,11-12,23H,5-10,13H2,(H,25,27). The van der Waals surface area contributed by atoms with Crippen LogP contribution in [-0.2, 0) is 12.8 Å². The summed E-state index contributed by atoms with van der Waals surface area (Å²) in [6.45, 7) is 3.61. The van der Waals surface area contributed by atoms with Crippen molar-refractivity contribution in [1.82, 2.24) is 20.4 Å². The van der Waals surface area contributed by atoms with Crippen molar-refractivity contribution < 1.29 is 9.53 Å². The number of carbonyl (C=O) groups excluding carboxylic acids is 1. The van der Waals surface area contributed by atoms with E-state index in [1.54, 1.807) is 6.07 Å². The Morgan fingerprint density at radius 2 is 1.93 bits per heavy atom. The van der Waals surface area contributed by atoms with Gasteiger partial charge in [-0.25, -0.2) is 5.10 Å². The van der Waals surface area contributed by atoms with Gasteiger partial charge in [0, 0.05) is 44.4 Å². The number of hydrogen-bond donors (Lipinski definition) is 2. The van der Waals surface area contributed by atoms with Gasteiger partial charge in [0.1, 0.15) is 5.75 Å². The first-order valence-corrected chi connectivity index (χ1v) is 9.95. The molecule has 3 aromatic rings. The van der Waals surface area contributed by atoms with Crippen LogP contribution < -0.4 is 15.6 Å². The van der Waals surface area contributed by atoms with E-state index in [9.17, 15) is 9.59 Å². The third-order valence-electron chi connectivity index (χ3n) is 5.62. The van der Waals surface area contributed by atoms with E-state index in [0.717, 1.165) is 47.5 Å². The molecule has 2 N–H and O–H groups in total. The lowest BCUT2D eigenvalue weighted by atomic mass is 9.98. The molecule has 0 unspecified atom stereocenters. The average molecular weight is 390 g/mol. The maximum absolute atomic E-state index is 13.2. The topological polar surface area (TPSA) is 87.3 Å². The SMILES string of the molecule is O=C(c1cc(Cc2n[nH]c(=O)c3ccccc23)cc2c1OCC2)N1CCNCC1. The Kier molecular flexibility index (Phi) is 4.52. The second-order valence-electron chi connectivity index (χ2n) is 7.49. The van der Waals surface area contributed by atoms with Crippen LogP contribution in [-0.4, -0.2) is 53.8 Å². The summed E-state index contributed by atoms with van der Waals surface area (Å²) in [5, 5.41) is 11.6. The van der Waals surface area contributed by atoms with Gasteiger partial charge in [-0.3, -0.25) is 9.59 Å². The lowest BCUT2D eigenvalue weighted by Gasteiger charge is -2.28. The zero-order valence-electron chi connectivity index (χ0n) is 16.0. The largest absolute Gasteiger partial charge is 0.492 e. The van der Waals surface area contributed by atoms with Crippen LogP contribution in [0.5, 0.6) is 5.75 Å². The van der Waals surface area contributed by atoms with Crippen LogP contribution in [0.15, 0.2) is 41.2 Å². The molecule has 0 saturated carbocycles. The molecule has 1 fully saturated rings. The maximum Gasteiger partial charge on any atom is 0.272 e. The second kappa shape index (κ2) is 7.33. The molecule has 2 aromatic carbocycles. The second-order valence-corrected chi connectivity index (χ2v) is 7.49. The van der Waals surface area contributed by atoms with Crippen molar-refractivity contribution in [1.29, 1.82) is 0 Å². The molecule has 1 saturated heterocycles. The van der Waals surface area contributed by atoms with Crippen molar-refractivity contribution in [3.8, 4) is 5.75 Å². The van der Waals surface area contributed by atoms with Gasteiger partial charge in [0.2, 0.25) is 0 Å². The van der Waals surface area contributed by atoms with Gasteiger partial charge in [0.05, 0.1) is 23.3 Å². The fourth-order valence-corrected chi connectivity index (χ4v) is 4.17. The van der Waals surface area contributed by atoms with E-state index in [1.165, 1.54) is 0 Å². The van der Waals surface area contributed by atoms with E-state index in [-0.39, 0.29) is 11.5 Å². The van der Waals surface area contributed by atoms with E-state index in [1.807, 2.05) is 29.2 Å². The summed E-state index contributed by atoms with van der Waals surface area (Å²) in [5.41, 5.74) is 3.29. The van der Waals surface area contributed by atoms with Gasteiger partial charge in [-0.15, -0.1) is 0 Å². The number of ether oxygens (including phenoxy) is 1. The van der Waals surface area contributed by atoms with Crippen LogP contribution in [0.25, 0.3) is 10.8 Å². The first-order chi connectivity index (χ1) is 14.2. The Morgan fingerprint density at radius 1 is 1.14 bits per heavy atom. The molecular weight excluding hydrogens is 368 g/mol. The fourth-order valence-electron chi connectivity index (χ4n) is 4.17. The summed E-state index contributed by atoms with van der Waals surface area (Å²) in [4.78, 5) is 27.1. The molecule has 148 valence electrons. The van der Waals surface area contributed by atoms with Gasteiger partial charge in [0.15, 0.2) is 0 Å². The van der Waals surface area contributed by atoms with Crippen molar-refractivity contribution in [2.24, 2.45) is 0 Å². The maximum atomic E-state index is 13.2. The van der Waals surface area contributed by atoms with Gasteiger partial charge in [0.25, 0.3) is 11.5 Å². The van der Waals surface area contributed by atoms with E-state index >= 15 is 0 Å². The molecule has 29 heavy (non-hydrogen) atoms. The van der Waals surface area contributed by atoms with Crippen molar-refractivity contribution >= 4 is 16.7 Å². The smallest absolute Gasteiger partial charge is 0.272 e. The number of aromatic nitrogens is 2. The molecule has 0 aliphatic carbocycles. The molecule has 0 radical (unpaired) electrons. The minimum absolute atomic E-state index is 0.0192. The Labute approximate surface area is 167 Å². The van der Waals surface area contributed by atoms with Crippen LogP contribution in [0.1, 0.15) is 27.2 Å². The van der Waals surface area contributed by atoms with Crippen molar-refractivity contribution in [3.63, 3.8) is 0 Å². The summed E-state index contributed by atoms with van der Waals surface area (Å²) >= 11 is 0. The van der Waals surface area contributed by atoms with Crippen molar-refractivity contribution in [2.45, 2.75) is 12.8 Å². The number of fused-ring (bicyclic) bond motifs is 2. The minimum Gasteiger partial charge on any atom is -0.492 e. The number of nitrogens with zero attached hydrogens (tertiary/aromatic N) is 2. The Hall–Kier alpha value is -3.19. The van der Waals surface area contributed by atoms with Crippen LogP contribution in [0, 0.1) is 0 Å². The summed E-state index contributed by atoms with van der Waals surface area (Å²) in [6, 6.07) is 11.5. The Bertz CT molecular complexity index is 1150. The normalized spacial score (nSPS) is 15.9. The Morgan fingerprint density at radius 3 is 2.76 bits per heavy atom. The number of amides is 1. The molecule has 5 rings (SSSR count). The molecule has 1 amide bonds. The van der Waals surface area contributed by atoms with Crippen LogP contribution in [0.2, 0.25) is 0 Å². The molecule has 0 bridgehead atoms. The van der Waals surface area contributed by atoms with Gasteiger partial charge < -0.3 is 15.0 Å². The molecule has 1 aromatic heterocycles. The third kappa shape index (κ3) is 3.27. The van der Waals surface area contributed by atoms with E-state index in [0.29, 0.717) is 37.1 Å². The first-order valence-electron chi connectivity index (χ1n) is 9.95. The molecule has 7 nitrogen and oxygen atoms in total. The zero-order valence-corrected chi connectivity index (χ0v) is 16.0. The number of aromatic amines is 1. The predicted octanol–water partition coefficient (Wildman–Crippen LogP) is 1.49. The van der Waals surface area contributed by atoms with Crippen molar-refractivity contribution in [2.75, 3.05) is 32.8 Å². The number of H-pyrrole nitrogens is 1. The third-order valence-corrected chi connectivity index (χ3v) is 5.62. The summed E-state index contributed by atoms with van der Waals surface area (Å²) in [7, 11) is 0. The van der Waals surface area contributed by atoms with Crippen LogP contribution >= 0.6 is 0 Å². The number of rotatable bonds is 3. The molecule has 3 heterocycles. The number of benzene rings is 2. The molecular formula is C22H22N4O3. The number of piperazine rings is 1. The minimum atomic E-state index is -0.193.